The molecule has 0 aliphatic carbocycles. The van der Waals surface area contributed by atoms with Crippen LogP contribution in [0.2, 0.25) is 0 Å². The highest BCUT2D eigenvalue weighted by Gasteiger charge is 2.18. The minimum Gasteiger partial charge on any atom is -0.478 e. The first-order chi connectivity index (χ1) is 9.86. The highest BCUT2D eigenvalue weighted by molar-refractivity contribution is 5.92. The van der Waals surface area contributed by atoms with E-state index in [-0.39, 0.29) is 17.5 Å². The van der Waals surface area contributed by atoms with Gasteiger partial charge in [-0.2, -0.15) is 0 Å². The van der Waals surface area contributed by atoms with Crippen molar-refractivity contribution < 1.29 is 9.90 Å². The van der Waals surface area contributed by atoms with Gasteiger partial charge in [-0.1, -0.05) is 20.3 Å². The van der Waals surface area contributed by atoms with Gasteiger partial charge in [0.05, 0.1) is 16.6 Å². The topological polar surface area (TPSA) is 92.2 Å². The largest absolute Gasteiger partial charge is 0.478 e. The number of nitrogens with zero attached hydrogens (tertiary/aromatic N) is 1. The second-order valence-corrected chi connectivity index (χ2v) is 5.29. The Hall–Kier alpha value is -2.37. The molecule has 0 radical (unpaired) electrons. The predicted molar refractivity (Wildman–Crippen MR) is 80.0 cm³/mol. The summed E-state index contributed by atoms with van der Waals surface area (Å²) in [5, 5.41) is 9.01. The van der Waals surface area contributed by atoms with Crippen LogP contribution in [0.25, 0.3) is 11.0 Å². The predicted octanol–water partition coefficient (Wildman–Crippen LogP) is 2.00. The maximum Gasteiger partial charge on any atom is 0.335 e. The van der Waals surface area contributed by atoms with Crippen LogP contribution in [0.1, 0.15) is 43.6 Å². The number of carboxylic acid groups (broad SMARTS) is 1. The molecule has 1 aromatic carbocycles. The number of carboxylic acids is 1. The van der Waals surface area contributed by atoms with Gasteiger partial charge in [-0.15, -0.1) is 0 Å². The number of benzene rings is 1. The summed E-state index contributed by atoms with van der Waals surface area (Å²) in [4.78, 5) is 37.4. The van der Waals surface area contributed by atoms with E-state index in [0.717, 1.165) is 6.42 Å². The Morgan fingerprint density at radius 2 is 2.00 bits per heavy atom. The van der Waals surface area contributed by atoms with Crippen LogP contribution in [0, 0.1) is 5.92 Å². The van der Waals surface area contributed by atoms with E-state index in [1.54, 1.807) is 6.07 Å². The van der Waals surface area contributed by atoms with Crippen molar-refractivity contribution in [2.24, 2.45) is 5.92 Å². The van der Waals surface area contributed by atoms with Gasteiger partial charge < -0.3 is 10.1 Å². The SMILES string of the molecule is CCC(C)C(C)n1c(=O)c(=O)[nH]c2cc(C(=O)O)ccc21. The average Bonchev–Trinajstić information content (AvgIpc) is 2.46. The summed E-state index contributed by atoms with van der Waals surface area (Å²) in [7, 11) is 0. The number of H-pyrrole nitrogens is 1. The zero-order valence-electron chi connectivity index (χ0n) is 12.2. The summed E-state index contributed by atoms with van der Waals surface area (Å²) in [5.41, 5.74) is -0.384. The molecule has 0 amide bonds. The Labute approximate surface area is 121 Å². The van der Waals surface area contributed by atoms with E-state index >= 15 is 0 Å². The number of fused-ring (bicyclic) bond motifs is 1. The lowest BCUT2D eigenvalue weighted by Crippen LogP contribution is -2.39. The molecule has 2 unspecified atom stereocenters. The lowest BCUT2D eigenvalue weighted by molar-refractivity contribution is 0.0697. The molecule has 112 valence electrons. The second-order valence-electron chi connectivity index (χ2n) is 5.29. The smallest absolute Gasteiger partial charge is 0.335 e. The van der Waals surface area contributed by atoms with Crippen molar-refractivity contribution in [3.05, 3.63) is 44.5 Å². The van der Waals surface area contributed by atoms with Crippen molar-refractivity contribution in [3.8, 4) is 0 Å². The van der Waals surface area contributed by atoms with Crippen LogP contribution < -0.4 is 11.1 Å². The maximum absolute atomic E-state index is 12.2. The van der Waals surface area contributed by atoms with Crippen molar-refractivity contribution >= 4 is 17.0 Å². The van der Waals surface area contributed by atoms with Crippen molar-refractivity contribution in [3.63, 3.8) is 0 Å². The zero-order valence-corrected chi connectivity index (χ0v) is 12.2. The number of aromatic amines is 1. The molecule has 2 N–H and O–H groups in total. The van der Waals surface area contributed by atoms with Crippen LogP contribution in [0.5, 0.6) is 0 Å². The molecular weight excluding hydrogens is 272 g/mol. The summed E-state index contributed by atoms with van der Waals surface area (Å²) >= 11 is 0. The first-order valence-electron chi connectivity index (χ1n) is 6.88. The van der Waals surface area contributed by atoms with Crippen LogP contribution in [-0.4, -0.2) is 20.6 Å². The second kappa shape index (κ2) is 5.55. The van der Waals surface area contributed by atoms with E-state index in [1.165, 1.54) is 16.7 Å². The molecule has 1 heterocycles. The molecule has 0 aliphatic heterocycles. The van der Waals surface area contributed by atoms with E-state index in [9.17, 15) is 14.4 Å². The fraction of sp³-hybridized carbons (Fsp3) is 0.400. The third kappa shape index (κ3) is 2.61. The minimum absolute atomic E-state index is 0.0690. The Bertz CT molecular complexity index is 803. The van der Waals surface area contributed by atoms with Crippen molar-refractivity contribution in [2.45, 2.75) is 33.2 Å². The quantitative estimate of drug-likeness (QED) is 0.842. The van der Waals surface area contributed by atoms with E-state index in [4.69, 9.17) is 5.11 Å². The summed E-state index contributed by atoms with van der Waals surface area (Å²) in [6.07, 6.45) is 0.870. The Morgan fingerprint density at radius 1 is 1.33 bits per heavy atom. The molecular formula is C15H18N2O4. The molecule has 21 heavy (non-hydrogen) atoms. The first kappa shape index (κ1) is 15.0. The van der Waals surface area contributed by atoms with Crippen molar-refractivity contribution in [1.82, 2.24) is 9.55 Å². The van der Waals surface area contributed by atoms with Gasteiger partial charge in [0.1, 0.15) is 0 Å². The normalized spacial score (nSPS) is 14.0. The van der Waals surface area contributed by atoms with Gasteiger partial charge in [0.2, 0.25) is 0 Å². The fourth-order valence-electron chi connectivity index (χ4n) is 2.37. The third-order valence-electron chi connectivity index (χ3n) is 4.04. The summed E-state index contributed by atoms with van der Waals surface area (Å²) in [6.45, 7) is 5.92. The maximum atomic E-state index is 12.2. The van der Waals surface area contributed by atoms with Crippen LogP contribution in [0.3, 0.4) is 0 Å². The van der Waals surface area contributed by atoms with Gasteiger partial charge in [-0.25, -0.2) is 4.79 Å². The van der Waals surface area contributed by atoms with Crippen molar-refractivity contribution in [2.75, 3.05) is 0 Å². The standard InChI is InChI=1S/C15H18N2O4/c1-4-8(2)9(3)17-12-6-5-10(15(20)21)7-11(12)16-13(18)14(17)19/h5-9H,4H2,1-3H3,(H,16,18)(H,20,21). The van der Waals surface area contributed by atoms with Gasteiger partial charge in [-0.3, -0.25) is 14.2 Å². The highest BCUT2D eigenvalue weighted by atomic mass is 16.4. The molecule has 6 nitrogen and oxygen atoms in total. The number of hydrogen-bond acceptors (Lipinski definition) is 3. The van der Waals surface area contributed by atoms with E-state index in [0.29, 0.717) is 11.0 Å². The van der Waals surface area contributed by atoms with Gasteiger partial charge in [-0.05, 0) is 31.0 Å². The summed E-state index contributed by atoms with van der Waals surface area (Å²) < 4.78 is 1.45. The Morgan fingerprint density at radius 3 is 2.57 bits per heavy atom. The fourth-order valence-corrected chi connectivity index (χ4v) is 2.37. The Balaban J connectivity index is 2.80. The lowest BCUT2D eigenvalue weighted by atomic mass is 10.00. The average molecular weight is 290 g/mol. The first-order valence-corrected chi connectivity index (χ1v) is 6.88. The van der Waals surface area contributed by atoms with Gasteiger partial charge >= 0.3 is 17.1 Å². The van der Waals surface area contributed by atoms with Crippen LogP contribution >= 0.6 is 0 Å². The van der Waals surface area contributed by atoms with Crippen molar-refractivity contribution in [1.29, 1.82) is 0 Å². The van der Waals surface area contributed by atoms with E-state index in [1.807, 2.05) is 20.8 Å². The molecule has 0 aliphatic rings. The van der Waals surface area contributed by atoms with Crippen LogP contribution in [-0.2, 0) is 0 Å². The molecule has 2 atom stereocenters. The molecule has 2 rings (SSSR count). The summed E-state index contributed by atoms with van der Waals surface area (Å²) in [6, 6.07) is 4.22. The molecule has 0 fully saturated rings. The number of rotatable bonds is 4. The zero-order chi connectivity index (χ0) is 15.7. The molecule has 1 aromatic heterocycles. The number of aromatic nitrogens is 2. The molecule has 0 saturated carbocycles. The number of aromatic carboxylic acids is 1. The monoisotopic (exact) mass is 290 g/mol. The van der Waals surface area contributed by atoms with Crippen LogP contribution in [0.15, 0.2) is 27.8 Å². The third-order valence-corrected chi connectivity index (χ3v) is 4.04. The molecule has 0 bridgehead atoms. The molecule has 0 spiro atoms. The molecule has 6 heteroatoms. The van der Waals surface area contributed by atoms with Crippen LogP contribution in [0.4, 0.5) is 0 Å². The molecule has 0 saturated heterocycles. The van der Waals surface area contributed by atoms with E-state index < -0.39 is 17.1 Å². The molecule has 2 aromatic rings. The van der Waals surface area contributed by atoms with Gasteiger partial charge in [0, 0.05) is 6.04 Å². The summed E-state index contributed by atoms with van der Waals surface area (Å²) in [5.74, 6) is -0.864. The Kier molecular flexibility index (Phi) is 3.97. The van der Waals surface area contributed by atoms with E-state index in [2.05, 4.69) is 4.98 Å². The number of carbonyl (C=O) groups is 1. The minimum atomic E-state index is -1.08. The van der Waals surface area contributed by atoms with Gasteiger partial charge in [0.25, 0.3) is 0 Å². The van der Waals surface area contributed by atoms with Gasteiger partial charge in [0.15, 0.2) is 0 Å². The number of nitrogens with one attached hydrogen (secondary N) is 1. The lowest BCUT2D eigenvalue weighted by Gasteiger charge is -2.22. The number of hydrogen-bond donors (Lipinski definition) is 2. The highest BCUT2D eigenvalue weighted by Crippen LogP contribution is 2.22.